The quantitative estimate of drug-likeness (QED) is 0.727. The highest BCUT2D eigenvalue weighted by Gasteiger charge is 2.28. The number of alkyl halides is 3. The van der Waals surface area contributed by atoms with Crippen molar-refractivity contribution in [2.75, 3.05) is 11.9 Å². The number of imidazole rings is 1. The number of ether oxygens (including phenoxy) is 1. The van der Waals surface area contributed by atoms with Gasteiger partial charge in [-0.15, -0.1) is 0 Å². The van der Waals surface area contributed by atoms with Crippen LogP contribution in [0, 0.1) is 0 Å². The fourth-order valence-corrected chi connectivity index (χ4v) is 3.01. The summed E-state index contributed by atoms with van der Waals surface area (Å²) in [6.45, 7) is -0.530. The van der Waals surface area contributed by atoms with Crippen molar-refractivity contribution in [2.24, 2.45) is 0 Å². The number of rotatable bonds is 4. The molecule has 27 heavy (non-hydrogen) atoms. The van der Waals surface area contributed by atoms with Gasteiger partial charge >= 0.3 is 6.18 Å². The number of aromatic amines is 1. The van der Waals surface area contributed by atoms with E-state index in [0.29, 0.717) is 17.0 Å². The lowest BCUT2D eigenvalue weighted by molar-refractivity contribution is -0.142. The molecule has 2 aromatic heterocycles. The first kappa shape index (κ1) is 17.5. The summed E-state index contributed by atoms with van der Waals surface area (Å²) in [6.07, 6.45) is -0.379. The van der Waals surface area contributed by atoms with Crippen molar-refractivity contribution in [3.63, 3.8) is 0 Å². The van der Waals surface area contributed by atoms with Gasteiger partial charge in [0.2, 0.25) is 0 Å². The number of anilines is 1. The van der Waals surface area contributed by atoms with E-state index in [1.54, 1.807) is 18.2 Å². The smallest absolute Gasteiger partial charge is 0.370 e. The Balaban J connectivity index is 1.48. The maximum atomic E-state index is 12.4. The summed E-state index contributed by atoms with van der Waals surface area (Å²) in [4.78, 5) is 19.9. The minimum absolute atomic E-state index is 0.0454. The number of H-pyrrole nitrogens is 1. The third kappa shape index (κ3) is 3.95. The molecule has 7 nitrogen and oxygen atoms in total. The number of nitrogens with zero attached hydrogens (tertiary/aromatic N) is 3. The first-order chi connectivity index (χ1) is 12.9. The number of nitrogens with one attached hydrogen (secondary N) is 2. The minimum atomic E-state index is -4.40. The van der Waals surface area contributed by atoms with Crippen LogP contribution in [0.4, 0.5) is 18.9 Å². The van der Waals surface area contributed by atoms with Crippen molar-refractivity contribution < 1.29 is 22.7 Å². The lowest BCUT2D eigenvalue weighted by atomic mass is 10.2. The highest BCUT2D eigenvalue weighted by atomic mass is 19.4. The molecule has 142 valence electrons. The fourth-order valence-electron chi connectivity index (χ4n) is 3.01. The highest BCUT2D eigenvalue weighted by molar-refractivity contribution is 6.04. The van der Waals surface area contributed by atoms with Gasteiger partial charge < -0.3 is 15.0 Å². The molecule has 4 rings (SSSR count). The lowest BCUT2D eigenvalue weighted by Gasteiger charge is -2.05. The molecule has 1 atom stereocenters. The van der Waals surface area contributed by atoms with Crippen molar-refractivity contribution in [3.05, 3.63) is 42.0 Å². The summed E-state index contributed by atoms with van der Waals surface area (Å²) in [5, 5.41) is 6.22. The Morgan fingerprint density at radius 3 is 3.00 bits per heavy atom. The second kappa shape index (κ2) is 6.69. The molecule has 1 saturated heterocycles. The van der Waals surface area contributed by atoms with Crippen molar-refractivity contribution in [2.45, 2.75) is 31.7 Å². The van der Waals surface area contributed by atoms with E-state index in [-0.39, 0.29) is 11.7 Å². The van der Waals surface area contributed by atoms with Crippen LogP contribution in [0.3, 0.4) is 0 Å². The number of amides is 1. The zero-order valence-corrected chi connectivity index (χ0v) is 14.1. The largest absolute Gasteiger partial charge is 0.408 e. The normalized spacial score (nSPS) is 17.5. The van der Waals surface area contributed by atoms with Gasteiger partial charge in [0, 0.05) is 18.5 Å². The Morgan fingerprint density at radius 1 is 1.41 bits per heavy atom. The molecular weight excluding hydrogens is 363 g/mol. The fraction of sp³-hybridized carbons (Fsp3) is 0.353. The number of hydrogen-bond donors (Lipinski definition) is 2. The molecule has 2 N–H and O–H groups in total. The number of hydrogen-bond acceptors (Lipinski definition) is 4. The molecule has 1 fully saturated rings. The van der Waals surface area contributed by atoms with E-state index in [1.165, 1.54) is 0 Å². The van der Waals surface area contributed by atoms with E-state index in [0.717, 1.165) is 42.1 Å². The van der Waals surface area contributed by atoms with E-state index in [4.69, 9.17) is 4.74 Å². The van der Waals surface area contributed by atoms with E-state index in [9.17, 15) is 18.0 Å². The highest BCUT2D eigenvalue weighted by Crippen LogP contribution is 2.28. The van der Waals surface area contributed by atoms with Gasteiger partial charge in [0.15, 0.2) is 0 Å². The van der Waals surface area contributed by atoms with Crippen molar-refractivity contribution in [3.8, 4) is 0 Å². The van der Waals surface area contributed by atoms with Crippen LogP contribution < -0.4 is 5.32 Å². The zero-order valence-electron chi connectivity index (χ0n) is 14.1. The first-order valence-corrected chi connectivity index (χ1v) is 8.39. The number of benzene rings is 1. The first-order valence-electron chi connectivity index (χ1n) is 8.39. The number of halogens is 3. The van der Waals surface area contributed by atoms with Gasteiger partial charge in [0.05, 0.1) is 22.8 Å². The summed E-state index contributed by atoms with van der Waals surface area (Å²) < 4.78 is 43.4. The van der Waals surface area contributed by atoms with Gasteiger partial charge in [-0.05, 0) is 31.0 Å². The topological polar surface area (TPSA) is 84.8 Å². The van der Waals surface area contributed by atoms with Gasteiger partial charge in [0.25, 0.3) is 5.91 Å². The zero-order chi connectivity index (χ0) is 19.0. The third-order valence-corrected chi connectivity index (χ3v) is 4.23. The van der Waals surface area contributed by atoms with E-state index >= 15 is 0 Å². The molecule has 0 aliphatic carbocycles. The second-order valence-corrected chi connectivity index (χ2v) is 6.35. The predicted molar refractivity (Wildman–Crippen MR) is 90.3 cm³/mol. The minimum Gasteiger partial charge on any atom is -0.370 e. The van der Waals surface area contributed by atoms with Crippen molar-refractivity contribution >= 4 is 22.6 Å². The lowest BCUT2D eigenvalue weighted by Crippen LogP contribution is -2.18. The molecule has 1 amide bonds. The Kier molecular flexibility index (Phi) is 4.34. The molecule has 3 aromatic rings. The van der Waals surface area contributed by atoms with Crippen LogP contribution in [0.5, 0.6) is 0 Å². The maximum Gasteiger partial charge on any atom is 0.408 e. The number of carbonyl (C=O) groups is 1. The molecule has 0 radical (unpaired) electrons. The molecule has 0 bridgehead atoms. The van der Waals surface area contributed by atoms with Crippen molar-refractivity contribution in [1.82, 2.24) is 19.7 Å². The van der Waals surface area contributed by atoms with E-state index in [1.807, 2.05) is 0 Å². The Bertz CT molecular complexity index is 973. The molecule has 1 aliphatic heterocycles. The van der Waals surface area contributed by atoms with Crippen LogP contribution in [0.2, 0.25) is 0 Å². The van der Waals surface area contributed by atoms with Crippen LogP contribution in [0.15, 0.2) is 30.6 Å². The van der Waals surface area contributed by atoms with Crippen LogP contribution >= 0.6 is 0 Å². The van der Waals surface area contributed by atoms with Gasteiger partial charge in [-0.3, -0.25) is 9.48 Å². The Labute approximate surface area is 151 Å². The molecule has 1 aromatic carbocycles. The Morgan fingerprint density at radius 2 is 2.26 bits per heavy atom. The molecule has 1 unspecified atom stereocenters. The van der Waals surface area contributed by atoms with Crippen LogP contribution in [-0.4, -0.2) is 38.4 Å². The van der Waals surface area contributed by atoms with E-state index < -0.39 is 18.6 Å². The van der Waals surface area contributed by atoms with Gasteiger partial charge in [-0.25, -0.2) is 4.98 Å². The van der Waals surface area contributed by atoms with Gasteiger partial charge in [0.1, 0.15) is 18.5 Å². The third-order valence-electron chi connectivity index (χ3n) is 4.23. The maximum absolute atomic E-state index is 12.4. The number of fused-ring (bicyclic) bond motifs is 1. The summed E-state index contributed by atoms with van der Waals surface area (Å²) in [7, 11) is 0. The molecule has 1 aliphatic rings. The van der Waals surface area contributed by atoms with Crippen LogP contribution in [0.1, 0.15) is 35.1 Å². The van der Waals surface area contributed by atoms with E-state index in [2.05, 4.69) is 20.4 Å². The average Bonchev–Trinajstić information content (AvgIpc) is 3.33. The molecule has 10 heteroatoms. The molecule has 0 spiro atoms. The summed E-state index contributed by atoms with van der Waals surface area (Å²) in [6, 6.07) is 5.16. The predicted octanol–water partition coefficient (Wildman–Crippen LogP) is 3.43. The SMILES string of the molecule is O=C(Nc1ccc2nc(C3CCCO3)[nH]c2c1)c1cnn(CC(F)(F)F)c1. The van der Waals surface area contributed by atoms with Crippen LogP contribution in [-0.2, 0) is 11.3 Å². The monoisotopic (exact) mass is 379 g/mol. The Hall–Kier alpha value is -2.88. The number of carbonyl (C=O) groups excluding carboxylic acids is 1. The number of aromatic nitrogens is 4. The molecule has 0 saturated carbocycles. The molecule has 3 heterocycles. The molecular formula is C17H16F3N5O2. The second-order valence-electron chi connectivity index (χ2n) is 6.35. The van der Waals surface area contributed by atoms with Crippen molar-refractivity contribution in [1.29, 1.82) is 0 Å². The summed E-state index contributed by atoms with van der Waals surface area (Å²) in [5.41, 5.74) is 2.03. The standard InChI is InChI=1S/C17H16F3N5O2/c18-17(19,20)9-25-8-10(7-21-25)16(26)22-11-3-4-12-13(6-11)24-15(23-12)14-2-1-5-27-14/h3-4,6-8,14H,1-2,5,9H2,(H,22,26)(H,23,24). The average molecular weight is 379 g/mol. The van der Waals surface area contributed by atoms with Gasteiger partial charge in [-0.2, -0.15) is 18.3 Å². The van der Waals surface area contributed by atoms with Gasteiger partial charge in [-0.1, -0.05) is 0 Å². The summed E-state index contributed by atoms with van der Waals surface area (Å²) in [5.74, 6) is 0.209. The van der Waals surface area contributed by atoms with Crippen LogP contribution in [0.25, 0.3) is 11.0 Å². The summed E-state index contributed by atoms with van der Waals surface area (Å²) >= 11 is 0.